The SMILES string of the molecule is CC[C@@H](C)NC(=O)[C@@H](C)N(Cc1c(Cl)cccc1Cl)C(=O)COc1ccccc1Cl. The molecule has 2 aromatic rings. The van der Waals surface area contributed by atoms with Crippen LogP contribution in [0.25, 0.3) is 0 Å². The Kier molecular flexibility index (Phi) is 9.28. The Morgan fingerprint density at radius 1 is 1.00 bits per heavy atom. The number of hydrogen-bond donors (Lipinski definition) is 1. The van der Waals surface area contributed by atoms with Gasteiger partial charge in [-0.05, 0) is 44.5 Å². The molecule has 0 saturated heterocycles. The van der Waals surface area contributed by atoms with Crippen molar-refractivity contribution in [1.82, 2.24) is 10.2 Å². The zero-order valence-corrected chi connectivity index (χ0v) is 19.4. The van der Waals surface area contributed by atoms with Crippen molar-refractivity contribution in [2.45, 2.75) is 45.8 Å². The van der Waals surface area contributed by atoms with Gasteiger partial charge in [-0.2, -0.15) is 0 Å². The lowest BCUT2D eigenvalue weighted by atomic mass is 10.1. The van der Waals surface area contributed by atoms with Crippen molar-refractivity contribution in [3.05, 3.63) is 63.1 Å². The van der Waals surface area contributed by atoms with Crippen molar-refractivity contribution >= 4 is 46.6 Å². The molecule has 8 heteroatoms. The number of carbonyl (C=O) groups is 2. The summed E-state index contributed by atoms with van der Waals surface area (Å²) in [6.45, 7) is 5.32. The quantitative estimate of drug-likeness (QED) is 0.536. The fraction of sp³-hybridized carbons (Fsp3) is 0.364. The number of halogens is 3. The Hall–Kier alpha value is -1.95. The Morgan fingerprint density at radius 2 is 1.60 bits per heavy atom. The van der Waals surface area contributed by atoms with E-state index in [0.29, 0.717) is 26.4 Å². The highest BCUT2D eigenvalue weighted by Crippen LogP contribution is 2.27. The Morgan fingerprint density at radius 3 is 2.20 bits per heavy atom. The zero-order valence-electron chi connectivity index (χ0n) is 17.1. The van der Waals surface area contributed by atoms with Crippen molar-refractivity contribution in [2.24, 2.45) is 0 Å². The van der Waals surface area contributed by atoms with Crippen LogP contribution in [0.15, 0.2) is 42.5 Å². The van der Waals surface area contributed by atoms with E-state index >= 15 is 0 Å². The normalized spacial score (nSPS) is 12.7. The highest BCUT2D eigenvalue weighted by molar-refractivity contribution is 6.36. The second kappa shape index (κ2) is 11.4. The molecule has 0 radical (unpaired) electrons. The molecule has 2 aromatic carbocycles. The van der Waals surface area contributed by atoms with Crippen LogP contribution in [0.1, 0.15) is 32.8 Å². The molecule has 0 saturated carbocycles. The third-order valence-electron chi connectivity index (χ3n) is 4.75. The van der Waals surface area contributed by atoms with Crippen molar-refractivity contribution in [2.75, 3.05) is 6.61 Å². The van der Waals surface area contributed by atoms with Crippen LogP contribution >= 0.6 is 34.8 Å². The summed E-state index contributed by atoms with van der Waals surface area (Å²) in [6, 6.07) is 11.2. The number of rotatable bonds is 9. The van der Waals surface area contributed by atoms with Gasteiger partial charge in [-0.25, -0.2) is 0 Å². The summed E-state index contributed by atoms with van der Waals surface area (Å²) in [5, 5.41) is 4.14. The van der Waals surface area contributed by atoms with Gasteiger partial charge in [0.2, 0.25) is 5.91 Å². The van der Waals surface area contributed by atoms with E-state index in [-0.39, 0.29) is 25.1 Å². The number of amides is 2. The van der Waals surface area contributed by atoms with Crippen LogP contribution in [0.3, 0.4) is 0 Å². The highest BCUT2D eigenvalue weighted by Gasteiger charge is 2.28. The number of para-hydroxylation sites is 1. The third kappa shape index (κ3) is 6.53. The number of hydrogen-bond acceptors (Lipinski definition) is 3. The maximum Gasteiger partial charge on any atom is 0.261 e. The predicted octanol–water partition coefficient (Wildman–Crippen LogP) is 5.36. The van der Waals surface area contributed by atoms with E-state index in [2.05, 4.69) is 5.32 Å². The van der Waals surface area contributed by atoms with Gasteiger partial charge < -0.3 is 15.0 Å². The summed E-state index contributed by atoms with van der Waals surface area (Å²) in [7, 11) is 0. The van der Waals surface area contributed by atoms with Gasteiger partial charge in [-0.1, -0.05) is 59.9 Å². The van der Waals surface area contributed by atoms with Gasteiger partial charge in [0.15, 0.2) is 6.61 Å². The van der Waals surface area contributed by atoms with Gasteiger partial charge in [0.25, 0.3) is 5.91 Å². The number of carbonyl (C=O) groups excluding carboxylic acids is 2. The molecule has 0 unspecified atom stereocenters. The first-order chi connectivity index (χ1) is 14.2. The molecule has 0 aliphatic heterocycles. The minimum Gasteiger partial charge on any atom is -0.482 e. The van der Waals surface area contributed by atoms with Crippen LogP contribution in [0.2, 0.25) is 15.1 Å². The van der Waals surface area contributed by atoms with E-state index in [4.69, 9.17) is 39.5 Å². The van der Waals surface area contributed by atoms with Gasteiger partial charge in [-0.3, -0.25) is 9.59 Å². The number of ether oxygens (including phenoxy) is 1. The summed E-state index contributed by atoms with van der Waals surface area (Å²) in [5.74, 6) is -0.267. The Labute approximate surface area is 192 Å². The first-order valence-electron chi connectivity index (χ1n) is 9.64. The lowest BCUT2D eigenvalue weighted by molar-refractivity contribution is -0.142. The smallest absolute Gasteiger partial charge is 0.261 e. The fourth-order valence-electron chi connectivity index (χ4n) is 2.69. The summed E-state index contributed by atoms with van der Waals surface area (Å²) in [5.41, 5.74) is 0.565. The molecule has 2 amide bonds. The highest BCUT2D eigenvalue weighted by atomic mass is 35.5. The molecule has 0 aliphatic rings. The van der Waals surface area contributed by atoms with Gasteiger partial charge >= 0.3 is 0 Å². The van der Waals surface area contributed by atoms with E-state index in [1.54, 1.807) is 49.4 Å². The van der Waals surface area contributed by atoms with Crippen molar-refractivity contribution in [3.8, 4) is 5.75 Å². The van der Waals surface area contributed by atoms with Gasteiger partial charge in [0, 0.05) is 28.2 Å². The van der Waals surface area contributed by atoms with Gasteiger partial charge in [-0.15, -0.1) is 0 Å². The van der Waals surface area contributed by atoms with Crippen LogP contribution in [-0.2, 0) is 16.1 Å². The van der Waals surface area contributed by atoms with E-state index in [9.17, 15) is 9.59 Å². The van der Waals surface area contributed by atoms with E-state index in [1.165, 1.54) is 4.90 Å². The molecule has 1 N–H and O–H groups in total. The van der Waals surface area contributed by atoms with Crippen molar-refractivity contribution in [3.63, 3.8) is 0 Å². The first-order valence-corrected chi connectivity index (χ1v) is 10.8. The molecule has 5 nitrogen and oxygen atoms in total. The summed E-state index contributed by atoms with van der Waals surface area (Å²) in [4.78, 5) is 27.2. The number of benzene rings is 2. The average Bonchev–Trinajstić information content (AvgIpc) is 2.72. The van der Waals surface area contributed by atoms with Gasteiger partial charge in [0.05, 0.1) is 5.02 Å². The second-order valence-electron chi connectivity index (χ2n) is 6.93. The summed E-state index contributed by atoms with van der Waals surface area (Å²) >= 11 is 18.7. The molecule has 0 heterocycles. The lowest BCUT2D eigenvalue weighted by Crippen LogP contribution is -2.50. The molecule has 0 fully saturated rings. The fourth-order valence-corrected chi connectivity index (χ4v) is 3.39. The summed E-state index contributed by atoms with van der Waals surface area (Å²) < 4.78 is 5.59. The second-order valence-corrected chi connectivity index (χ2v) is 8.16. The monoisotopic (exact) mass is 470 g/mol. The molecule has 0 aromatic heterocycles. The third-order valence-corrected chi connectivity index (χ3v) is 5.77. The van der Waals surface area contributed by atoms with Crippen LogP contribution < -0.4 is 10.1 Å². The maximum absolute atomic E-state index is 13.0. The van der Waals surface area contributed by atoms with Crippen LogP contribution in [0, 0.1) is 0 Å². The first kappa shape index (κ1) is 24.3. The molecule has 30 heavy (non-hydrogen) atoms. The molecular weight excluding hydrogens is 447 g/mol. The lowest BCUT2D eigenvalue weighted by Gasteiger charge is -2.30. The predicted molar refractivity (Wildman–Crippen MR) is 121 cm³/mol. The van der Waals surface area contributed by atoms with E-state index in [0.717, 1.165) is 6.42 Å². The minimum atomic E-state index is -0.756. The van der Waals surface area contributed by atoms with Crippen molar-refractivity contribution in [1.29, 1.82) is 0 Å². The van der Waals surface area contributed by atoms with Crippen LogP contribution in [0.5, 0.6) is 5.75 Å². The molecule has 0 spiro atoms. The molecule has 0 bridgehead atoms. The van der Waals surface area contributed by atoms with Gasteiger partial charge in [0.1, 0.15) is 11.8 Å². The molecule has 0 aliphatic carbocycles. The molecular formula is C22H25Cl3N2O3. The molecule has 162 valence electrons. The Balaban J connectivity index is 2.24. The standard InChI is InChI=1S/C22H25Cl3N2O3/c1-4-14(2)26-22(29)15(3)27(12-16-17(23)9-7-10-18(16)24)21(28)13-30-20-11-6-5-8-19(20)25/h5-11,14-15H,4,12-13H2,1-3H3,(H,26,29)/t14-,15-/m1/s1. The topological polar surface area (TPSA) is 58.6 Å². The van der Waals surface area contributed by atoms with Crippen LogP contribution in [0.4, 0.5) is 0 Å². The van der Waals surface area contributed by atoms with E-state index in [1.807, 2.05) is 13.8 Å². The number of nitrogens with one attached hydrogen (secondary N) is 1. The number of nitrogens with zero attached hydrogens (tertiary/aromatic N) is 1. The zero-order chi connectivity index (χ0) is 22.3. The minimum absolute atomic E-state index is 0.0137. The van der Waals surface area contributed by atoms with Crippen LogP contribution in [-0.4, -0.2) is 35.4 Å². The summed E-state index contributed by atoms with van der Waals surface area (Å²) in [6.07, 6.45) is 0.776. The average molecular weight is 472 g/mol. The van der Waals surface area contributed by atoms with E-state index < -0.39 is 11.9 Å². The largest absolute Gasteiger partial charge is 0.482 e. The molecule has 2 atom stereocenters. The van der Waals surface area contributed by atoms with Crippen molar-refractivity contribution < 1.29 is 14.3 Å². The molecule has 2 rings (SSSR count). The maximum atomic E-state index is 13.0. The Bertz CT molecular complexity index is 871.